The lowest BCUT2D eigenvalue weighted by Crippen LogP contribution is -2.41. The first-order chi connectivity index (χ1) is 23.6. The summed E-state index contributed by atoms with van der Waals surface area (Å²) in [5.74, 6) is 1.46. The maximum Gasteiger partial charge on any atom is 0.127 e. The van der Waals surface area contributed by atoms with Gasteiger partial charge in [0.1, 0.15) is 12.4 Å². The molecule has 2 heteroatoms. The zero-order valence-corrected chi connectivity index (χ0v) is 27.6. The molecular weight excluding hydrogens is 601 g/mol. The molecule has 0 bridgehead atoms. The third-order valence-corrected chi connectivity index (χ3v) is 11.0. The number of rotatable bonds is 5. The van der Waals surface area contributed by atoms with Gasteiger partial charge in [-0.2, -0.15) is 0 Å². The summed E-state index contributed by atoms with van der Waals surface area (Å²) in [6, 6.07) is 32.6. The molecule has 3 unspecified atom stereocenters. The molecule has 1 aromatic heterocycles. The Morgan fingerprint density at radius 3 is 2.38 bits per heavy atom. The van der Waals surface area contributed by atoms with Gasteiger partial charge >= 0.3 is 0 Å². The van der Waals surface area contributed by atoms with E-state index in [1.165, 1.54) is 37.6 Å². The number of fused-ring (bicyclic) bond motifs is 9. The number of hydrogen-bond acceptors (Lipinski definition) is 2. The average Bonchev–Trinajstić information content (AvgIpc) is 3.60. The smallest absolute Gasteiger partial charge is 0.127 e. The first-order valence-corrected chi connectivity index (χ1v) is 17.3. The topological polar surface area (TPSA) is 9.23 Å². The van der Waals surface area contributed by atoms with Gasteiger partial charge in [-0.3, -0.25) is 0 Å². The van der Waals surface area contributed by atoms with Crippen molar-refractivity contribution >= 4 is 45.7 Å². The highest BCUT2D eigenvalue weighted by Gasteiger charge is 2.53. The van der Waals surface area contributed by atoms with E-state index in [2.05, 4.69) is 171 Å². The Balaban J connectivity index is 1.09. The first kappa shape index (κ1) is 29.9. The van der Waals surface area contributed by atoms with Crippen LogP contribution in [0.2, 0.25) is 0 Å². The van der Waals surface area contributed by atoms with Crippen LogP contribution in [0.4, 0.5) is 0 Å². The van der Waals surface area contributed by atoms with Gasteiger partial charge in [0.2, 0.25) is 0 Å². The molecule has 8 rings (SSSR count). The highest BCUT2D eigenvalue weighted by molar-refractivity contribution is 7.17. The third-order valence-electron chi connectivity index (χ3n) is 9.95. The second-order valence-electron chi connectivity index (χ2n) is 12.6. The predicted octanol–water partition coefficient (Wildman–Crippen LogP) is 10.1. The van der Waals surface area contributed by atoms with Crippen LogP contribution >= 0.6 is 11.3 Å². The van der Waals surface area contributed by atoms with Crippen molar-refractivity contribution in [1.29, 1.82) is 0 Å². The molecule has 0 saturated carbocycles. The van der Waals surface area contributed by atoms with Gasteiger partial charge < -0.3 is 4.74 Å². The maximum atomic E-state index is 6.74. The van der Waals surface area contributed by atoms with Crippen molar-refractivity contribution in [3.63, 3.8) is 0 Å². The minimum Gasteiger partial charge on any atom is -0.492 e. The van der Waals surface area contributed by atoms with Gasteiger partial charge in [-0.05, 0) is 56.8 Å². The Bertz CT molecular complexity index is 2360. The molecule has 232 valence electrons. The minimum atomic E-state index is -0.335. The monoisotopic (exact) mass is 636 g/mol. The summed E-state index contributed by atoms with van der Waals surface area (Å²) in [6.07, 6.45) is 27.9. The SMILES string of the molecule is C=C1c2ccccc2OCC2(c3ccc(\C=C/C=C\C=C\C=C/C=c4\c(=C)sc5ccccc45)cc31)c1ccccc1C1C=CC=CC12. The molecule has 3 aliphatic rings. The van der Waals surface area contributed by atoms with E-state index in [1.54, 1.807) is 11.3 Å². The minimum absolute atomic E-state index is 0.254. The van der Waals surface area contributed by atoms with E-state index < -0.39 is 0 Å². The summed E-state index contributed by atoms with van der Waals surface area (Å²) in [7, 11) is 0. The summed E-state index contributed by atoms with van der Waals surface area (Å²) >= 11 is 1.74. The molecular formula is C46H36OS. The van der Waals surface area contributed by atoms with Crippen LogP contribution in [0.25, 0.3) is 34.4 Å². The van der Waals surface area contributed by atoms with Crippen LogP contribution in [-0.4, -0.2) is 6.61 Å². The van der Waals surface area contributed by atoms with Crippen molar-refractivity contribution in [2.45, 2.75) is 11.3 Å². The third kappa shape index (κ3) is 5.10. The van der Waals surface area contributed by atoms with Crippen molar-refractivity contribution < 1.29 is 4.74 Å². The van der Waals surface area contributed by atoms with Crippen LogP contribution < -0.4 is 14.5 Å². The van der Waals surface area contributed by atoms with Crippen LogP contribution in [0.1, 0.15) is 39.3 Å². The van der Waals surface area contributed by atoms with Crippen molar-refractivity contribution in [1.82, 2.24) is 0 Å². The maximum absolute atomic E-state index is 6.74. The van der Waals surface area contributed by atoms with Crippen LogP contribution in [-0.2, 0) is 5.41 Å². The predicted molar refractivity (Wildman–Crippen MR) is 206 cm³/mol. The van der Waals surface area contributed by atoms with E-state index in [9.17, 15) is 0 Å². The van der Waals surface area contributed by atoms with Gasteiger partial charge in [-0.25, -0.2) is 0 Å². The number of para-hydroxylation sites is 1. The van der Waals surface area contributed by atoms with Gasteiger partial charge in [0.25, 0.3) is 0 Å². The fourth-order valence-electron chi connectivity index (χ4n) is 7.75. The molecule has 1 aliphatic heterocycles. The average molecular weight is 637 g/mol. The van der Waals surface area contributed by atoms with Crippen LogP contribution in [0.3, 0.4) is 0 Å². The normalized spacial score (nSPS) is 21.7. The number of benzene rings is 4. The molecule has 4 aromatic carbocycles. The molecule has 0 radical (unpaired) electrons. The van der Waals surface area contributed by atoms with Crippen molar-refractivity contribution in [2.75, 3.05) is 6.61 Å². The van der Waals surface area contributed by atoms with Gasteiger partial charge in [0, 0.05) is 32.0 Å². The number of allylic oxidation sites excluding steroid dienone is 11. The molecule has 5 aromatic rings. The van der Waals surface area contributed by atoms with E-state index in [0.717, 1.165) is 27.0 Å². The lowest BCUT2D eigenvalue weighted by molar-refractivity contribution is 0.209. The molecule has 2 heterocycles. The number of ether oxygens (including phenoxy) is 1. The molecule has 1 spiro atoms. The Labute approximate surface area is 286 Å². The first-order valence-electron chi connectivity index (χ1n) is 16.5. The largest absolute Gasteiger partial charge is 0.492 e. The number of thiophene rings is 1. The summed E-state index contributed by atoms with van der Waals surface area (Å²) in [5, 5.41) is 2.46. The molecule has 0 N–H and O–H groups in total. The molecule has 0 amide bonds. The van der Waals surface area contributed by atoms with Crippen molar-refractivity contribution in [3.05, 3.63) is 208 Å². The fraction of sp³-hybridized carbons (Fsp3) is 0.0870. The van der Waals surface area contributed by atoms with Crippen LogP contribution in [0.15, 0.2) is 164 Å². The zero-order chi connectivity index (χ0) is 32.5. The Kier molecular flexibility index (Phi) is 7.88. The molecule has 3 atom stereocenters. The van der Waals surface area contributed by atoms with E-state index in [4.69, 9.17) is 4.74 Å². The second kappa shape index (κ2) is 12.6. The van der Waals surface area contributed by atoms with E-state index >= 15 is 0 Å². The van der Waals surface area contributed by atoms with Gasteiger partial charge in [-0.15, -0.1) is 11.3 Å². The van der Waals surface area contributed by atoms with Crippen LogP contribution in [0.5, 0.6) is 5.75 Å². The summed E-state index contributed by atoms with van der Waals surface area (Å²) in [4.78, 5) is 0. The molecule has 0 fully saturated rings. The van der Waals surface area contributed by atoms with Crippen molar-refractivity contribution in [3.8, 4) is 5.75 Å². The molecule has 48 heavy (non-hydrogen) atoms. The standard InChI is InChI=1S/C46H36OS/c1-32-35-19-12-16-26-44(35)47-31-46(41-24-14-10-21-37(41)38-22-11-15-25-42(38)46)43-29-28-34(30-40(32)43)18-8-6-4-3-5-7-9-20-36-33(2)48-45-27-17-13-23-39(36)45/h3-30,37,41H,1-2,31H2/b5-3+,6-4-,9-7-,18-8-,36-20+. The summed E-state index contributed by atoms with van der Waals surface area (Å²) in [6.45, 7) is 9.45. The van der Waals surface area contributed by atoms with Crippen LogP contribution in [0, 0.1) is 5.92 Å². The number of hydrogen-bond donors (Lipinski definition) is 0. The molecule has 1 nitrogen and oxygen atoms in total. The van der Waals surface area contributed by atoms with Crippen molar-refractivity contribution in [2.24, 2.45) is 5.92 Å². The summed E-state index contributed by atoms with van der Waals surface area (Å²) < 4.78 is 9.11. The lowest BCUT2D eigenvalue weighted by Gasteiger charge is -2.41. The van der Waals surface area contributed by atoms with Gasteiger partial charge in [-0.1, -0.05) is 165 Å². The quantitative estimate of drug-likeness (QED) is 0.175. The highest BCUT2D eigenvalue weighted by Crippen LogP contribution is 2.58. The van der Waals surface area contributed by atoms with E-state index in [-0.39, 0.29) is 11.3 Å². The second-order valence-corrected chi connectivity index (χ2v) is 13.7. The Hall–Kier alpha value is -5.44. The zero-order valence-electron chi connectivity index (χ0n) is 26.8. The van der Waals surface area contributed by atoms with Gasteiger partial charge in [0.15, 0.2) is 0 Å². The highest BCUT2D eigenvalue weighted by atomic mass is 32.1. The molecule has 2 aliphatic carbocycles. The molecule has 0 saturated heterocycles. The van der Waals surface area contributed by atoms with E-state index in [0.29, 0.717) is 12.5 Å². The Morgan fingerprint density at radius 1 is 0.708 bits per heavy atom. The summed E-state index contributed by atoms with van der Waals surface area (Å²) in [5.41, 5.74) is 8.05. The lowest BCUT2D eigenvalue weighted by atomic mass is 9.65. The van der Waals surface area contributed by atoms with Gasteiger partial charge in [0.05, 0.1) is 5.41 Å². The Morgan fingerprint density at radius 2 is 1.46 bits per heavy atom. The van der Waals surface area contributed by atoms with E-state index in [1.807, 2.05) is 12.1 Å². The fourth-order valence-corrected chi connectivity index (χ4v) is 8.73.